The van der Waals surface area contributed by atoms with Gasteiger partial charge in [-0.25, -0.2) is 0 Å². The number of aliphatic hydroxyl groups excluding tert-OH is 1. The number of carbonyl (C=O) groups excluding carboxylic acids is 2. The molecule has 0 spiro atoms. The van der Waals surface area contributed by atoms with Crippen LogP contribution in [-0.2, 0) is 14.3 Å². The van der Waals surface area contributed by atoms with Gasteiger partial charge in [0.1, 0.15) is 12.1 Å². The molecule has 1 aliphatic rings. The number of amides is 1. The highest BCUT2D eigenvalue weighted by Gasteiger charge is 2.41. The zero-order valence-corrected chi connectivity index (χ0v) is 12.9. The number of hydrogen-bond donors (Lipinski definition) is 1. The lowest BCUT2D eigenvalue weighted by Crippen LogP contribution is -2.51. The molecule has 1 heterocycles. The first-order valence-corrected chi connectivity index (χ1v) is 7.33. The average Bonchev–Trinajstić information content (AvgIpc) is 2.42. The number of halogens is 2. The zero-order chi connectivity index (χ0) is 15.6. The highest BCUT2D eigenvalue weighted by Crippen LogP contribution is 2.38. The summed E-state index contributed by atoms with van der Waals surface area (Å²) in [6.07, 6.45) is -0.998. The normalized spacial score (nSPS) is 22.3. The van der Waals surface area contributed by atoms with Crippen molar-refractivity contribution in [1.29, 1.82) is 0 Å². The van der Waals surface area contributed by atoms with E-state index in [0.29, 0.717) is 0 Å². The third kappa shape index (κ3) is 3.15. The van der Waals surface area contributed by atoms with Gasteiger partial charge in [0, 0.05) is 6.42 Å². The van der Waals surface area contributed by atoms with Gasteiger partial charge in [-0.05, 0) is 25.5 Å². The first-order chi connectivity index (χ1) is 9.97. The van der Waals surface area contributed by atoms with Crippen LogP contribution in [0.4, 0.5) is 5.69 Å². The van der Waals surface area contributed by atoms with Crippen molar-refractivity contribution in [2.45, 2.75) is 26.0 Å². The molecule has 2 rings (SSSR count). The standard InChI is InChI=1S/C14H15Cl2NO4/c1-2-21-14(20)8-6-7-11(18)17(13(8)19)12-9(15)4-3-5-10(12)16/h3-5,8,13,19H,2,6-7H2,1H3. The van der Waals surface area contributed by atoms with Crippen LogP contribution in [0.15, 0.2) is 18.2 Å². The summed E-state index contributed by atoms with van der Waals surface area (Å²) in [5.41, 5.74) is 0.215. The predicted molar refractivity (Wildman–Crippen MR) is 79.3 cm³/mol. The Hall–Kier alpha value is -1.30. The number of piperidine rings is 1. The van der Waals surface area contributed by atoms with E-state index in [-0.39, 0.29) is 41.1 Å². The highest BCUT2D eigenvalue weighted by atomic mass is 35.5. The highest BCUT2D eigenvalue weighted by molar-refractivity contribution is 6.40. The van der Waals surface area contributed by atoms with Crippen molar-refractivity contribution in [2.75, 3.05) is 11.5 Å². The Morgan fingerprint density at radius 2 is 2.05 bits per heavy atom. The summed E-state index contributed by atoms with van der Waals surface area (Å²) in [5, 5.41) is 10.9. The Bertz CT molecular complexity index is 544. The maximum Gasteiger partial charge on any atom is 0.313 e. The van der Waals surface area contributed by atoms with Gasteiger partial charge in [-0.3, -0.25) is 14.5 Å². The van der Waals surface area contributed by atoms with Gasteiger partial charge in [0.05, 0.1) is 22.3 Å². The number of rotatable bonds is 3. The number of hydrogen-bond acceptors (Lipinski definition) is 4. The fraction of sp³-hybridized carbons (Fsp3) is 0.429. The summed E-state index contributed by atoms with van der Waals surface area (Å²) in [6, 6.07) is 4.77. The molecule has 0 bridgehead atoms. The third-order valence-corrected chi connectivity index (χ3v) is 3.94. The van der Waals surface area contributed by atoms with Gasteiger partial charge in [-0.15, -0.1) is 0 Å². The van der Waals surface area contributed by atoms with Crippen molar-refractivity contribution in [1.82, 2.24) is 0 Å². The fourth-order valence-electron chi connectivity index (χ4n) is 2.34. The number of aliphatic hydroxyl groups is 1. The van der Waals surface area contributed by atoms with E-state index in [0.717, 1.165) is 4.90 Å². The summed E-state index contributed by atoms with van der Waals surface area (Å²) in [4.78, 5) is 25.1. The monoisotopic (exact) mass is 331 g/mol. The molecule has 1 amide bonds. The largest absolute Gasteiger partial charge is 0.466 e. The summed E-state index contributed by atoms with van der Waals surface area (Å²) < 4.78 is 4.93. The number of esters is 1. The maximum absolute atomic E-state index is 12.1. The lowest BCUT2D eigenvalue weighted by atomic mass is 9.94. The molecule has 5 nitrogen and oxygen atoms in total. The second kappa shape index (κ2) is 6.64. The topological polar surface area (TPSA) is 66.8 Å². The molecule has 0 aromatic heterocycles. The minimum absolute atomic E-state index is 0.113. The van der Waals surface area contributed by atoms with E-state index in [1.807, 2.05) is 0 Å². The van der Waals surface area contributed by atoms with Crippen LogP contribution >= 0.6 is 23.2 Å². The molecule has 1 N–H and O–H groups in total. The molecular weight excluding hydrogens is 317 g/mol. The van der Waals surface area contributed by atoms with Crippen LogP contribution in [-0.4, -0.2) is 29.8 Å². The summed E-state index contributed by atoms with van der Waals surface area (Å²) in [6.45, 7) is 1.89. The number of ether oxygens (including phenoxy) is 1. The van der Waals surface area contributed by atoms with E-state index in [1.54, 1.807) is 25.1 Å². The van der Waals surface area contributed by atoms with Crippen LogP contribution in [0.5, 0.6) is 0 Å². The lowest BCUT2D eigenvalue weighted by Gasteiger charge is -2.37. The van der Waals surface area contributed by atoms with E-state index >= 15 is 0 Å². The van der Waals surface area contributed by atoms with Gasteiger partial charge < -0.3 is 9.84 Å². The van der Waals surface area contributed by atoms with Gasteiger partial charge >= 0.3 is 5.97 Å². The SMILES string of the molecule is CCOC(=O)C1CCC(=O)N(c2c(Cl)cccc2Cl)C1O. The van der Waals surface area contributed by atoms with Gasteiger partial charge in [0.25, 0.3) is 0 Å². The molecule has 1 fully saturated rings. The van der Waals surface area contributed by atoms with Crippen LogP contribution in [0.25, 0.3) is 0 Å². The second-order valence-corrected chi connectivity index (χ2v) is 5.46. The molecule has 114 valence electrons. The molecule has 1 aromatic rings. The Labute approximate surface area is 132 Å². The van der Waals surface area contributed by atoms with Crippen molar-refractivity contribution in [3.63, 3.8) is 0 Å². The van der Waals surface area contributed by atoms with Gasteiger partial charge in [0.15, 0.2) is 0 Å². The Kier molecular flexibility index (Phi) is 5.08. The number of nitrogens with zero attached hydrogens (tertiary/aromatic N) is 1. The quantitative estimate of drug-likeness (QED) is 0.864. The molecule has 0 radical (unpaired) electrons. The minimum Gasteiger partial charge on any atom is -0.466 e. The molecule has 0 saturated carbocycles. The molecule has 2 atom stereocenters. The number of anilines is 1. The predicted octanol–water partition coefficient (Wildman–Crippen LogP) is 2.62. The van der Waals surface area contributed by atoms with Crippen LogP contribution in [0.3, 0.4) is 0 Å². The zero-order valence-electron chi connectivity index (χ0n) is 11.4. The number of para-hydroxylation sites is 1. The number of carbonyl (C=O) groups is 2. The molecule has 0 aliphatic carbocycles. The Morgan fingerprint density at radius 3 is 2.62 bits per heavy atom. The van der Waals surface area contributed by atoms with E-state index < -0.39 is 18.1 Å². The van der Waals surface area contributed by atoms with Gasteiger partial charge in [-0.2, -0.15) is 0 Å². The van der Waals surface area contributed by atoms with Crippen molar-refractivity contribution in [3.8, 4) is 0 Å². The van der Waals surface area contributed by atoms with Crippen molar-refractivity contribution < 1.29 is 19.4 Å². The summed E-state index contributed by atoms with van der Waals surface area (Å²) in [7, 11) is 0. The fourth-order valence-corrected chi connectivity index (χ4v) is 2.92. The molecule has 1 aliphatic heterocycles. The molecule has 2 unspecified atom stereocenters. The molecule has 7 heteroatoms. The van der Waals surface area contributed by atoms with Gasteiger partial charge in [0.2, 0.25) is 5.91 Å². The Balaban J connectivity index is 2.37. The molecule has 1 aromatic carbocycles. The molecule has 1 saturated heterocycles. The van der Waals surface area contributed by atoms with E-state index in [9.17, 15) is 14.7 Å². The minimum atomic E-state index is -1.34. The van der Waals surface area contributed by atoms with Crippen LogP contribution in [0.2, 0.25) is 10.0 Å². The second-order valence-electron chi connectivity index (χ2n) is 4.64. The van der Waals surface area contributed by atoms with Crippen LogP contribution < -0.4 is 4.90 Å². The number of benzene rings is 1. The van der Waals surface area contributed by atoms with E-state index in [4.69, 9.17) is 27.9 Å². The first kappa shape index (κ1) is 16.1. The molecular formula is C14H15Cl2NO4. The van der Waals surface area contributed by atoms with E-state index in [2.05, 4.69) is 0 Å². The van der Waals surface area contributed by atoms with Gasteiger partial charge in [-0.1, -0.05) is 29.3 Å². The summed E-state index contributed by atoms with van der Waals surface area (Å²) >= 11 is 12.2. The third-order valence-electron chi connectivity index (χ3n) is 3.33. The maximum atomic E-state index is 12.1. The first-order valence-electron chi connectivity index (χ1n) is 6.58. The Morgan fingerprint density at radius 1 is 1.43 bits per heavy atom. The summed E-state index contributed by atoms with van der Waals surface area (Å²) in [5.74, 6) is -1.68. The van der Waals surface area contributed by atoms with E-state index in [1.165, 1.54) is 0 Å². The van der Waals surface area contributed by atoms with Crippen molar-refractivity contribution in [2.24, 2.45) is 5.92 Å². The smallest absolute Gasteiger partial charge is 0.313 e. The van der Waals surface area contributed by atoms with Crippen molar-refractivity contribution >= 4 is 40.8 Å². The van der Waals surface area contributed by atoms with Crippen LogP contribution in [0, 0.1) is 5.92 Å². The average molecular weight is 332 g/mol. The van der Waals surface area contributed by atoms with Crippen LogP contribution in [0.1, 0.15) is 19.8 Å². The van der Waals surface area contributed by atoms with Crippen molar-refractivity contribution in [3.05, 3.63) is 28.2 Å². The lowest BCUT2D eigenvalue weighted by molar-refractivity contribution is -0.154. The molecule has 21 heavy (non-hydrogen) atoms.